The van der Waals surface area contributed by atoms with Crippen molar-refractivity contribution in [2.75, 3.05) is 14.2 Å². The molecule has 88 valence electrons. The molecule has 1 aromatic rings. The maximum Gasteiger partial charge on any atom is 0.280 e. The number of rotatable bonds is 2. The minimum absolute atomic E-state index is 0. The first-order chi connectivity index (χ1) is 7.27. The molecular formula is C11H14ClNO3. The minimum Gasteiger partial charge on any atom is -0.359 e. The lowest BCUT2D eigenvalue weighted by Gasteiger charge is -2.33. The zero-order valence-corrected chi connectivity index (χ0v) is 9.99. The predicted molar refractivity (Wildman–Crippen MR) is 61.4 cm³/mol. The summed E-state index contributed by atoms with van der Waals surface area (Å²) in [6, 6.07) is 7.50. The SMILES string of the molecule is COC1Cc2ccccc2C(=O)N1OC.Cl. The average molecular weight is 244 g/mol. The Labute approximate surface area is 101 Å². The predicted octanol–water partition coefficient (Wildman–Crippen LogP) is 1.64. The summed E-state index contributed by atoms with van der Waals surface area (Å²) in [4.78, 5) is 17.0. The lowest BCUT2D eigenvalue weighted by Crippen LogP contribution is -2.45. The van der Waals surface area contributed by atoms with Crippen molar-refractivity contribution >= 4 is 18.3 Å². The maximum atomic E-state index is 11.9. The zero-order chi connectivity index (χ0) is 10.8. The van der Waals surface area contributed by atoms with E-state index in [1.807, 2.05) is 18.2 Å². The van der Waals surface area contributed by atoms with Crippen LogP contribution in [0.3, 0.4) is 0 Å². The second-order valence-electron chi connectivity index (χ2n) is 3.37. The molecule has 0 spiro atoms. The number of benzene rings is 1. The van der Waals surface area contributed by atoms with E-state index in [2.05, 4.69) is 0 Å². The van der Waals surface area contributed by atoms with Gasteiger partial charge in [-0.25, -0.2) is 0 Å². The smallest absolute Gasteiger partial charge is 0.280 e. The number of hydrogen-bond acceptors (Lipinski definition) is 3. The second kappa shape index (κ2) is 5.30. The van der Waals surface area contributed by atoms with Gasteiger partial charge < -0.3 is 4.74 Å². The number of fused-ring (bicyclic) bond motifs is 1. The molecule has 16 heavy (non-hydrogen) atoms. The molecule has 0 aliphatic carbocycles. The molecule has 0 bridgehead atoms. The fourth-order valence-electron chi connectivity index (χ4n) is 1.81. The molecule has 0 radical (unpaired) electrons. The molecule has 0 aromatic heterocycles. The first kappa shape index (κ1) is 13.0. The van der Waals surface area contributed by atoms with Gasteiger partial charge in [0.05, 0.1) is 7.11 Å². The van der Waals surface area contributed by atoms with Gasteiger partial charge in [0, 0.05) is 19.1 Å². The van der Waals surface area contributed by atoms with Gasteiger partial charge in [0.25, 0.3) is 5.91 Å². The first-order valence-electron chi connectivity index (χ1n) is 4.76. The van der Waals surface area contributed by atoms with Crippen LogP contribution >= 0.6 is 12.4 Å². The highest BCUT2D eigenvalue weighted by molar-refractivity contribution is 5.96. The Morgan fingerprint density at radius 1 is 1.31 bits per heavy atom. The van der Waals surface area contributed by atoms with Gasteiger partial charge in [0.2, 0.25) is 0 Å². The van der Waals surface area contributed by atoms with E-state index >= 15 is 0 Å². The fraction of sp³-hybridized carbons (Fsp3) is 0.364. The second-order valence-corrected chi connectivity index (χ2v) is 3.37. The van der Waals surface area contributed by atoms with E-state index < -0.39 is 0 Å². The maximum absolute atomic E-state index is 11.9. The molecule has 0 N–H and O–H groups in total. The molecule has 1 aliphatic heterocycles. The van der Waals surface area contributed by atoms with Crippen molar-refractivity contribution in [1.29, 1.82) is 0 Å². The van der Waals surface area contributed by atoms with E-state index in [1.54, 1.807) is 13.2 Å². The molecule has 1 unspecified atom stereocenters. The molecule has 1 atom stereocenters. The van der Waals surface area contributed by atoms with Crippen molar-refractivity contribution < 1.29 is 14.4 Å². The molecule has 0 saturated carbocycles. The fourth-order valence-corrected chi connectivity index (χ4v) is 1.81. The molecule has 2 rings (SSSR count). The molecule has 4 nitrogen and oxygen atoms in total. The number of ether oxygens (including phenoxy) is 1. The largest absolute Gasteiger partial charge is 0.359 e. The van der Waals surface area contributed by atoms with E-state index in [-0.39, 0.29) is 24.5 Å². The number of halogens is 1. The summed E-state index contributed by atoms with van der Waals surface area (Å²) in [5.74, 6) is -0.147. The summed E-state index contributed by atoms with van der Waals surface area (Å²) in [5, 5.41) is 1.27. The van der Waals surface area contributed by atoms with Crippen LogP contribution in [0.2, 0.25) is 0 Å². The van der Waals surface area contributed by atoms with Gasteiger partial charge in [0.1, 0.15) is 0 Å². The topological polar surface area (TPSA) is 38.8 Å². The molecule has 1 amide bonds. The average Bonchev–Trinajstić information content (AvgIpc) is 2.29. The molecule has 1 aromatic carbocycles. The van der Waals surface area contributed by atoms with Gasteiger partial charge in [-0.1, -0.05) is 18.2 Å². The van der Waals surface area contributed by atoms with Crippen LogP contribution < -0.4 is 0 Å². The number of amides is 1. The third-order valence-corrected chi connectivity index (χ3v) is 2.57. The van der Waals surface area contributed by atoms with E-state index in [9.17, 15) is 4.79 Å². The van der Waals surface area contributed by atoms with Gasteiger partial charge in [0.15, 0.2) is 6.23 Å². The quantitative estimate of drug-likeness (QED) is 0.793. The highest BCUT2D eigenvalue weighted by atomic mass is 35.5. The van der Waals surface area contributed by atoms with Gasteiger partial charge in [-0.2, -0.15) is 5.06 Å². The van der Waals surface area contributed by atoms with Crippen molar-refractivity contribution in [1.82, 2.24) is 5.06 Å². The molecule has 1 aliphatic rings. The highest BCUT2D eigenvalue weighted by Gasteiger charge is 2.32. The summed E-state index contributed by atoms with van der Waals surface area (Å²) >= 11 is 0. The molecule has 0 fully saturated rings. The molecule has 0 saturated heterocycles. The number of nitrogens with zero attached hydrogens (tertiary/aromatic N) is 1. The van der Waals surface area contributed by atoms with Crippen molar-refractivity contribution in [3.05, 3.63) is 35.4 Å². The summed E-state index contributed by atoms with van der Waals surface area (Å²) in [6.45, 7) is 0. The van der Waals surface area contributed by atoms with Crippen molar-refractivity contribution in [3.8, 4) is 0 Å². The summed E-state index contributed by atoms with van der Waals surface area (Å²) in [5.41, 5.74) is 1.69. The lowest BCUT2D eigenvalue weighted by molar-refractivity contribution is -0.195. The van der Waals surface area contributed by atoms with Crippen LogP contribution in [-0.2, 0) is 16.0 Å². The monoisotopic (exact) mass is 243 g/mol. The Morgan fingerprint density at radius 2 is 2.00 bits per heavy atom. The number of methoxy groups -OCH3 is 1. The number of carbonyl (C=O) groups is 1. The summed E-state index contributed by atoms with van der Waals surface area (Å²) in [7, 11) is 3.04. The van der Waals surface area contributed by atoms with Crippen LogP contribution in [0.5, 0.6) is 0 Å². The highest BCUT2D eigenvalue weighted by Crippen LogP contribution is 2.23. The third kappa shape index (κ3) is 2.04. The van der Waals surface area contributed by atoms with Gasteiger partial charge in [-0.15, -0.1) is 12.4 Å². The third-order valence-electron chi connectivity index (χ3n) is 2.57. The Bertz CT molecular complexity index is 383. The first-order valence-corrected chi connectivity index (χ1v) is 4.76. The van der Waals surface area contributed by atoms with Crippen LogP contribution in [0, 0.1) is 0 Å². The van der Waals surface area contributed by atoms with Crippen molar-refractivity contribution in [2.24, 2.45) is 0 Å². The van der Waals surface area contributed by atoms with Crippen molar-refractivity contribution in [3.63, 3.8) is 0 Å². The normalized spacial score (nSPS) is 19.0. The minimum atomic E-state index is -0.336. The Kier molecular flexibility index (Phi) is 4.29. The summed E-state index contributed by atoms with van der Waals surface area (Å²) < 4.78 is 5.20. The number of carbonyl (C=O) groups excluding carboxylic acids is 1. The molecule has 5 heteroatoms. The van der Waals surface area contributed by atoms with Gasteiger partial charge in [-0.05, 0) is 11.6 Å². The Morgan fingerprint density at radius 3 is 2.62 bits per heavy atom. The molecule has 1 heterocycles. The summed E-state index contributed by atoms with van der Waals surface area (Å²) in [6.07, 6.45) is 0.323. The standard InChI is InChI=1S/C11H13NO3.ClH/c1-14-10-7-8-5-3-4-6-9(8)11(13)12(10)15-2;/h3-6,10H,7H2,1-2H3;1H. The van der Waals surface area contributed by atoms with Crippen LogP contribution in [0.1, 0.15) is 15.9 Å². The van der Waals surface area contributed by atoms with E-state index in [0.29, 0.717) is 12.0 Å². The van der Waals surface area contributed by atoms with E-state index in [1.165, 1.54) is 12.2 Å². The van der Waals surface area contributed by atoms with Gasteiger partial charge >= 0.3 is 0 Å². The van der Waals surface area contributed by atoms with Crippen LogP contribution in [0.25, 0.3) is 0 Å². The van der Waals surface area contributed by atoms with Crippen molar-refractivity contribution in [2.45, 2.75) is 12.6 Å². The molecular weight excluding hydrogens is 230 g/mol. The van der Waals surface area contributed by atoms with Crippen LogP contribution in [0.4, 0.5) is 0 Å². The van der Waals surface area contributed by atoms with Crippen LogP contribution in [-0.4, -0.2) is 31.4 Å². The van der Waals surface area contributed by atoms with Gasteiger partial charge in [-0.3, -0.25) is 9.63 Å². The van der Waals surface area contributed by atoms with E-state index in [0.717, 1.165) is 5.56 Å². The number of hydroxylamine groups is 2. The zero-order valence-electron chi connectivity index (χ0n) is 9.17. The number of hydrogen-bond donors (Lipinski definition) is 0. The van der Waals surface area contributed by atoms with E-state index in [4.69, 9.17) is 9.57 Å². The Balaban J connectivity index is 0.00000128. The van der Waals surface area contributed by atoms with Crippen LogP contribution in [0.15, 0.2) is 24.3 Å². The lowest BCUT2D eigenvalue weighted by atomic mass is 9.99. The Hall–Kier alpha value is -1.10.